The SMILES string of the molecule is CCCN1C(=O)/C(=C\c2ccccc2OCc2cccc3ccccc23)SC1=Nc1ccccc1. The molecule has 0 bridgehead atoms. The molecular formula is C30H26N2O2S. The minimum absolute atomic E-state index is 0.0182. The highest BCUT2D eigenvalue weighted by atomic mass is 32.2. The first-order chi connectivity index (χ1) is 17.2. The van der Waals surface area contributed by atoms with E-state index in [1.807, 2.05) is 72.8 Å². The van der Waals surface area contributed by atoms with Crippen LogP contribution in [0.25, 0.3) is 16.8 Å². The number of nitrogens with zero attached hydrogens (tertiary/aromatic N) is 2. The van der Waals surface area contributed by atoms with Gasteiger partial charge in [0.2, 0.25) is 0 Å². The second-order valence-corrected chi connectivity index (χ2v) is 9.27. The Morgan fingerprint density at radius 1 is 0.886 bits per heavy atom. The molecule has 5 rings (SSSR count). The molecule has 0 N–H and O–H groups in total. The Morgan fingerprint density at radius 2 is 1.63 bits per heavy atom. The number of benzene rings is 4. The average molecular weight is 479 g/mol. The van der Waals surface area contributed by atoms with E-state index in [9.17, 15) is 4.79 Å². The first-order valence-electron chi connectivity index (χ1n) is 11.8. The second kappa shape index (κ2) is 10.6. The number of ether oxygens (including phenoxy) is 1. The van der Waals surface area contributed by atoms with Gasteiger partial charge >= 0.3 is 0 Å². The topological polar surface area (TPSA) is 41.9 Å². The number of carbonyl (C=O) groups is 1. The molecule has 0 unspecified atom stereocenters. The molecule has 0 atom stereocenters. The molecule has 0 aromatic heterocycles. The number of hydrogen-bond donors (Lipinski definition) is 0. The zero-order valence-electron chi connectivity index (χ0n) is 19.6. The summed E-state index contributed by atoms with van der Waals surface area (Å²) in [7, 11) is 0. The van der Waals surface area contributed by atoms with Gasteiger partial charge in [0.25, 0.3) is 5.91 Å². The maximum Gasteiger partial charge on any atom is 0.266 e. The van der Waals surface area contributed by atoms with Crippen LogP contribution >= 0.6 is 11.8 Å². The summed E-state index contributed by atoms with van der Waals surface area (Å²) in [5, 5.41) is 3.09. The number of fused-ring (bicyclic) bond motifs is 1. The van der Waals surface area contributed by atoms with E-state index in [0.29, 0.717) is 23.2 Å². The number of amidine groups is 1. The van der Waals surface area contributed by atoms with E-state index in [1.54, 1.807) is 4.90 Å². The van der Waals surface area contributed by atoms with Gasteiger partial charge in [-0.05, 0) is 58.8 Å². The maximum atomic E-state index is 13.3. The smallest absolute Gasteiger partial charge is 0.266 e. The molecule has 1 aliphatic rings. The third-order valence-electron chi connectivity index (χ3n) is 5.78. The van der Waals surface area contributed by atoms with Gasteiger partial charge in [-0.3, -0.25) is 9.69 Å². The Labute approximate surface area is 210 Å². The number of hydrogen-bond acceptors (Lipinski definition) is 4. The molecule has 1 fully saturated rings. The van der Waals surface area contributed by atoms with Gasteiger partial charge in [0.15, 0.2) is 5.17 Å². The number of thioether (sulfide) groups is 1. The fraction of sp³-hybridized carbons (Fsp3) is 0.133. The Hall–Kier alpha value is -3.83. The van der Waals surface area contributed by atoms with Crippen LogP contribution in [0.15, 0.2) is 107 Å². The molecule has 35 heavy (non-hydrogen) atoms. The number of rotatable bonds is 7. The Morgan fingerprint density at radius 3 is 2.49 bits per heavy atom. The van der Waals surface area contributed by atoms with Crippen LogP contribution in [-0.2, 0) is 11.4 Å². The van der Waals surface area contributed by atoms with Crippen LogP contribution in [0.1, 0.15) is 24.5 Å². The minimum Gasteiger partial charge on any atom is -0.488 e. The van der Waals surface area contributed by atoms with Gasteiger partial charge in [-0.1, -0.05) is 85.8 Å². The molecule has 1 aliphatic heterocycles. The van der Waals surface area contributed by atoms with Crippen molar-refractivity contribution >= 4 is 45.4 Å². The molecule has 174 valence electrons. The first-order valence-corrected chi connectivity index (χ1v) is 12.6. The van der Waals surface area contributed by atoms with Gasteiger partial charge < -0.3 is 4.74 Å². The van der Waals surface area contributed by atoms with E-state index in [0.717, 1.165) is 29.0 Å². The van der Waals surface area contributed by atoms with Crippen LogP contribution in [-0.4, -0.2) is 22.5 Å². The molecule has 4 nitrogen and oxygen atoms in total. The highest BCUT2D eigenvalue weighted by Gasteiger charge is 2.33. The van der Waals surface area contributed by atoms with Gasteiger partial charge in [-0.25, -0.2) is 4.99 Å². The van der Waals surface area contributed by atoms with Crippen LogP contribution in [0.3, 0.4) is 0 Å². The summed E-state index contributed by atoms with van der Waals surface area (Å²) < 4.78 is 6.26. The Bertz CT molecular complexity index is 1410. The van der Waals surface area contributed by atoms with E-state index in [4.69, 9.17) is 9.73 Å². The molecule has 4 aromatic rings. The predicted molar refractivity (Wildman–Crippen MR) is 146 cm³/mol. The first kappa shape index (κ1) is 22.9. The summed E-state index contributed by atoms with van der Waals surface area (Å²) in [4.78, 5) is 20.4. The summed E-state index contributed by atoms with van der Waals surface area (Å²) in [5.74, 6) is 0.729. The van der Waals surface area contributed by atoms with Crippen molar-refractivity contribution in [2.45, 2.75) is 20.0 Å². The van der Waals surface area contributed by atoms with Crippen LogP contribution in [0.2, 0.25) is 0 Å². The monoisotopic (exact) mass is 478 g/mol. The summed E-state index contributed by atoms with van der Waals surface area (Å²) in [5.41, 5.74) is 2.84. The van der Waals surface area contributed by atoms with Gasteiger partial charge in [0, 0.05) is 12.1 Å². The van der Waals surface area contributed by atoms with Crippen molar-refractivity contribution in [3.05, 3.63) is 113 Å². The lowest BCUT2D eigenvalue weighted by Crippen LogP contribution is -2.29. The number of carbonyl (C=O) groups excluding carboxylic acids is 1. The maximum absolute atomic E-state index is 13.3. The minimum atomic E-state index is -0.0182. The van der Waals surface area contributed by atoms with Gasteiger partial charge in [-0.2, -0.15) is 0 Å². The lowest BCUT2D eigenvalue weighted by Gasteiger charge is -2.14. The fourth-order valence-electron chi connectivity index (χ4n) is 4.07. The number of aliphatic imine (C=N–C) groups is 1. The van der Waals surface area contributed by atoms with Crippen LogP contribution in [0.5, 0.6) is 5.75 Å². The normalized spacial score (nSPS) is 15.9. The highest BCUT2D eigenvalue weighted by molar-refractivity contribution is 8.18. The molecule has 1 heterocycles. The molecule has 4 aromatic carbocycles. The standard InChI is InChI=1S/C30H26N2O2S/c1-2-19-32-29(33)28(35-30(32)31-25-15-4-3-5-16-25)20-23-12-7-9-18-27(23)34-21-24-14-10-13-22-11-6-8-17-26(22)24/h3-18,20H,2,19,21H2,1H3/b28-20+,31-30?. The highest BCUT2D eigenvalue weighted by Crippen LogP contribution is 2.36. The Balaban J connectivity index is 1.42. The number of para-hydroxylation sites is 2. The summed E-state index contributed by atoms with van der Waals surface area (Å²) >= 11 is 1.41. The van der Waals surface area contributed by atoms with Crippen molar-refractivity contribution in [1.82, 2.24) is 4.90 Å². The summed E-state index contributed by atoms with van der Waals surface area (Å²) in [6.07, 6.45) is 2.78. The lowest BCUT2D eigenvalue weighted by molar-refractivity contribution is -0.122. The molecule has 1 amide bonds. The molecule has 0 saturated carbocycles. The molecule has 5 heteroatoms. The quantitative estimate of drug-likeness (QED) is 0.259. The molecule has 0 spiro atoms. The van der Waals surface area contributed by atoms with Crippen molar-refractivity contribution in [3.63, 3.8) is 0 Å². The van der Waals surface area contributed by atoms with Crippen LogP contribution in [0.4, 0.5) is 5.69 Å². The summed E-state index contributed by atoms with van der Waals surface area (Å²) in [6, 6.07) is 32.2. The van der Waals surface area contributed by atoms with Crippen molar-refractivity contribution in [2.75, 3.05) is 6.54 Å². The van der Waals surface area contributed by atoms with E-state index in [1.165, 1.54) is 22.5 Å². The fourth-order valence-corrected chi connectivity index (χ4v) is 5.09. The average Bonchev–Trinajstić information content (AvgIpc) is 3.18. The largest absolute Gasteiger partial charge is 0.488 e. The van der Waals surface area contributed by atoms with E-state index in [-0.39, 0.29) is 5.91 Å². The van der Waals surface area contributed by atoms with Crippen LogP contribution < -0.4 is 4.74 Å². The predicted octanol–water partition coefficient (Wildman–Crippen LogP) is 7.43. The van der Waals surface area contributed by atoms with Crippen molar-refractivity contribution in [3.8, 4) is 5.75 Å². The van der Waals surface area contributed by atoms with Gasteiger partial charge in [0.05, 0.1) is 10.6 Å². The third kappa shape index (κ3) is 5.15. The summed E-state index contributed by atoms with van der Waals surface area (Å²) in [6.45, 7) is 3.15. The lowest BCUT2D eigenvalue weighted by atomic mass is 10.1. The van der Waals surface area contributed by atoms with Crippen LogP contribution in [0, 0.1) is 0 Å². The molecule has 0 aliphatic carbocycles. The van der Waals surface area contributed by atoms with E-state index >= 15 is 0 Å². The van der Waals surface area contributed by atoms with E-state index in [2.05, 4.69) is 37.3 Å². The van der Waals surface area contributed by atoms with Crippen molar-refractivity contribution in [2.24, 2.45) is 4.99 Å². The number of amides is 1. The molecule has 0 radical (unpaired) electrons. The molecular weight excluding hydrogens is 452 g/mol. The van der Waals surface area contributed by atoms with Gasteiger partial charge in [0.1, 0.15) is 12.4 Å². The van der Waals surface area contributed by atoms with E-state index < -0.39 is 0 Å². The second-order valence-electron chi connectivity index (χ2n) is 8.26. The zero-order chi connectivity index (χ0) is 24.0. The van der Waals surface area contributed by atoms with Crippen molar-refractivity contribution in [1.29, 1.82) is 0 Å². The zero-order valence-corrected chi connectivity index (χ0v) is 20.4. The van der Waals surface area contributed by atoms with Crippen molar-refractivity contribution < 1.29 is 9.53 Å². The Kier molecular flexibility index (Phi) is 6.96. The molecule has 1 saturated heterocycles. The third-order valence-corrected chi connectivity index (χ3v) is 6.79. The van der Waals surface area contributed by atoms with Gasteiger partial charge in [-0.15, -0.1) is 0 Å².